The fourth-order valence-electron chi connectivity index (χ4n) is 1.83. The second kappa shape index (κ2) is 7.96. The number of rotatable bonds is 8. The second-order valence-electron chi connectivity index (χ2n) is 5.65. The molecule has 0 aliphatic rings. The van der Waals surface area contributed by atoms with E-state index in [-0.39, 0.29) is 12.5 Å². The third-order valence-corrected chi connectivity index (χ3v) is 2.85. The van der Waals surface area contributed by atoms with Gasteiger partial charge in [-0.15, -0.1) is 5.10 Å². The lowest BCUT2D eigenvalue weighted by atomic mass is 10.2. The molecule has 20 heavy (non-hydrogen) atoms. The smallest absolute Gasteiger partial charge is 0.244 e. The van der Waals surface area contributed by atoms with Crippen LogP contribution in [-0.2, 0) is 17.9 Å². The molecule has 2 N–H and O–H groups in total. The molecule has 0 aliphatic heterocycles. The zero-order valence-electron chi connectivity index (χ0n) is 12.9. The lowest BCUT2D eigenvalue weighted by Crippen LogP contribution is -2.40. The summed E-state index contributed by atoms with van der Waals surface area (Å²) in [4.78, 5) is 16.3. The van der Waals surface area contributed by atoms with E-state index in [2.05, 4.69) is 29.1 Å². The Morgan fingerprint density at radius 1 is 1.40 bits per heavy atom. The summed E-state index contributed by atoms with van der Waals surface area (Å²) in [6.07, 6.45) is 1.72. The van der Waals surface area contributed by atoms with Crippen molar-refractivity contribution in [3.8, 4) is 0 Å². The van der Waals surface area contributed by atoms with Gasteiger partial charge in [0.2, 0.25) is 5.91 Å². The van der Waals surface area contributed by atoms with Crippen molar-refractivity contribution in [2.45, 2.75) is 26.9 Å². The van der Waals surface area contributed by atoms with Crippen LogP contribution in [0.15, 0.2) is 6.20 Å². The first kappa shape index (κ1) is 16.6. The lowest BCUT2D eigenvalue weighted by molar-refractivity contribution is -0.132. The highest BCUT2D eigenvalue weighted by atomic mass is 16.2. The van der Waals surface area contributed by atoms with E-state index in [9.17, 15) is 4.79 Å². The fraction of sp³-hybridized carbons (Fsp3) is 0.769. The minimum Gasteiger partial charge on any atom is -0.340 e. The Bertz CT molecular complexity index is 415. The number of carbonyl (C=O) groups is 1. The number of amides is 1. The molecule has 0 bridgehead atoms. The maximum absolute atomic E-state index is 12.3. The molecule has 0 saturated heterocycles. The Hall–Kier alpha value is -1.47. The van der Waals surface area contributed by atoms with Crippen molar-refractivity contribution in [2.24, 2.45) is 11.7 Å². The van der Waals surface area contributed by atoms with E-state index in [1.54, 1.807) is 10.9 Å². The number of hydrogen-bond acceptors (Lipinski definition) is 5. The summed E-state index contributed by atoms with van der Waals surface area (Å²) in [5.74, 6) is 0.505. The first-order valence-corrected chi connectivity index (χ1v) is 6.94. The number of nitrogens with zero attached hydrogens (tertiary/aromatic N) is 5. The molecule has 0 saturated carbocycles. The van der Waals surface area contributed by atoms with Gasteiger partial charge in [-0.1, -0.05) is 19.1 Å². The molecule has 1 aromatic rings. The summed E-state index contributed by atoms with van der Waals surface area (Å²) >= 11 is 0. The third kappa shape index (κ3) is 5.66. The Labute approximate surface area is 120 Å². The summed E-state index contributed by atoms with van der Waals surface area (Å²) in [5, 5.41) is 7.80. The molecule has 1 heterocycles. The van der Waals surface area contributed by atoms with Crippen molar-refractivity contribution in [3.63, 3.8) is 0 Å². The van der Waals surface area contributed by atoms with Crippen molar-refractivity contribution in [3.05, 3.63) is 11.9 Å². The molecule has 1 rings (SSSR count). The van der Waals surface area contributed by atoms with Crippen molar-refractivity contribution in [2.75, 3.05) is 33.7 Å². The van der Waals surface area contributed by atoms with E-state index < -0.39 is 0 Å². The number of hydrogen-bond donors (Lipinski definition) is 1. The van der Waals surface area contributed by atoms with Gasteiger partial charge in [0.25, 0.3) is 0 Å². The van der Waals surface area contributed by atoms with Gasteiger partial charge in [0.05, 0.1) is 11.9 Å². The van der Waals surface area contributed by atoms with Crippen molar-refractivity contribution >= 4 is 5.91 Å². The van der Waals surface area contributed by atoms with Gasteiger partial charge in [-0.2, -0.15) is 0 Å². The highest BCUT2D eigenvalue weighted by Gasteiger charge is 2.16. The molecule has 0 fully saturated rings. The first-order valence-electron chi connectivity index (χ1n) is 6.94. The predicted octanol–water partition coefficient (Wildman–Crippen LogP) is -0.217. The van der Waals surface area contributed by atoms with Crippen LogP contribution in [-0.4, -0.2) is 64.4 Å². The summed E-state index contributed by atoms with van der Waals surface area (Å²) in [6.45, 7) is 7.10. The molecular weight excluding hydrogens is 256 g/mol. The van der Waals surface area contributed by atoms with Gasteiger partial charge in [0.1, 0.15) is 6.54 Å². The van der Waals surface area contributed by atoms with Gasteiger partial charge in [-0.25, -0.2) is 4.68 Å². The van der Waals surface area contributed by atoms with Crippen LogP contribution in [0.25, 0.3) is 0 Å². The van der Waals surface area contributed by atoms with Crippen LogP contribution in [0.1, 0.15) is 19.5 Å². The molecule has 0 atom stereocenters. The predicted molar refractivity (Wildman–Crippen MR) is 77.9 cm³/mol. The molecule has 7 nitrogen and oxygen atoms in total. The number of carbonyl (C=O) groups excluding carboxylic acids is 1. The van der Waals surface area contributed by atoms with Gasteiger partial charge < -0.3 is 15.5 Å². The molecular formula is C13H26N6O. The molecule has 0 spiro atoms. The minimum absolute atomic E-state index is 0.0639. The Balaban J connectivity index is 2.61. The van der Waals surface area contributed by atoms with Crippen LogP contribution in [0.2, 0.25) is 0 Å². The standard InChI is InChI=1S/C13H26N6O/c1-11(2)8-18(6-5-17(3)4)13(20)10-19-9-12(7-14)15-16-19/h9,11H,5-8,10,14H2,1-4H3. The topological polar surface area (TPSA) is 80.3 Å². The zero-order valence-corrected chi connectivity index (χ0v) is 12.9. The van der Waals surface area contributed by atoms with Crippen LogP contribution in [0.5, 0.6) is 0 Å². The average Bonchev–Trinajstić information content (AvgIpc) is 2.81. The summed E-state index contributed by atoms with van der Waals surface area (Å²) in [6, 6.07) is 0. The lowest BCUT2D eigenvalue weighted by Gasteiger charge is -2.26. The molecule has 0 radical (unpaired) electrons. The number of aromatic nitrogens is 3. The Morgan fingerprint density at radius 3 is 2.60 bits per heavy atom. The van der Waals surface area contributed by atoms with Gasteiger partial charge >= 0.3 is 0 Å². The molecule has 1 aromatic heterocycles. The van der Waals surface area contributed by atoms with Gasteiger partial charge in [-0.05, 0) is 20.0 Å². The Morgan fingerprint density at radius 2 is 2.10 bits per heavy atom. The molecule has 7 heteroatoms. The Kier molecular flexibility index (Phi) is 6.60. The monoisotopic (exact) mass is 282 g/mol. The molecule has 0 aromatic carbocycles. The summed E-state index contributed by atoms with van der Waals surface area (Å²) in [5.41, 5.74) is 6.18. The van der Waals surface area contributed by atoms with Gasteiger partial charge in [0.15, 0.2) is 0 Å². The van der Waals surface area contributed by atoms with Crippen molar-refractivity contribution in [1.29, 1.82) is 0 Å². The molecule has 0 unspecified atom stereocenters. The van der Waals surface area contributed by atoms with E-state index in [0.717, 1.165) is 19.6 Å². The van der Waals surface area contributed by atoms with Crippen LogP contribution < -0.4 is 5.73 Å². The van der Waals surface area contributed by atoms with Crippen molar-refractivity contribution < 1.29 is 4.79 Å². The third-order valence-electron chi connectivity index (χ3n) is 2.85. The highest BCUT2D eigenvalue weighted by Crippen LogP contribution is 2.02. The average molecular weight is 282 g/mol. The van der Waals surface area contributed by atoms with E-state index in [0.29, 0.717) is 18.2 Å². The van der Waals surface area contributed by atoms with Crippen LogP contribution in [0.4, 0.5) is 0 Å². The maximum Gasteiger partial charge on any atom is 0.244 e. The molecule has 1 amide bonds. The van der Waals surface area contributed by atoms with Crippen molar-refractivity contribution in [1.82, 2.24) is 24.8 Å². The summed E-state index contributed by atoms with van der Waals surface area (Å²) < 4.78 is 1.55. The van der Waals surface area contributed by atoms with E-state index in [4.69, 9.17) is 5.73 Å². The minimum atomic E-state index is 0.0639. The number of likely N-dealkylation sites (N-methyl/N-ethyl adjacent to an activating group) is 1. The second-order valence-corrected chi connectivity index (χ2v) is 5.65. The quantitative estimate of drug-likeness (QED) is 0.713. The van der Waals surface area contributed by atoms with Crippen LogP contribution in [0.3, 0.4) is 0 Å². The van der Waals surface area contributed by atoms with Crippen LogP contribution >= 0.6 is 0 Å². The van der Waals surface area contributed by atoms with E-state index in [1.807, 2.05) is 19.0 Å². The van der Waals surface area contributed by atoms with Gasteiger partial charge in [-0.3, -0.25) is 4.79 Å². The van der Waals surface area contributed by atoms with Gasteiger partial charge in [0, 0.05) is 26.2 Å². The first-order chi connectivity index (χ1) is 9.42. The molecule has 0 aliphatic carbocycles. The SMILES string of the molecule is CC(C)CN(CCN(C)C)C(=O)Cn1cc(CN)nn1. The zero-order chi connectivity index (χ0) is 15.1. The normalized spacial score (nSPS) is 11.3. The number of nitrogens with two attached hydrogens (primary N) is 1. The van der Waals surface area contributed by atoms with E-state index in [1.165, 1.54) is 0 Å². The largest absolute Gasteiger partial charge is 0.340 e. The fourth-order valence-corrected chi connectivity index (χ4v) is 1.83. The highest BCUT2D eigenvalue weighted by molar-refractivity contribution is 5.75. The van der Waals surface area contributed by atoms with E-state index >= 15 is 0 Å². The maximum atomic E-state index is 12.3. The van der Waals surface area contributed by atoms with Crippen LogP contribution in [0, 0.1) is 5.92 Å². The summed E-state index contributed by atoms with van der Waals surface area (Å²) in [7, 11) is 4.01. The molecule has 114 valence electrons.